The van der Waals surface area contributed by atoms with Gasteiger partial charge >= 0.3 is 0 Å². The fraction of sp³-hybridized carbons (Fsp3) is 0.824. The standard InChI is InChI=1S/C17H32N4/c1-12-9-8-10-21(14(12)3)16-15(11-18-17(4,5)6)13(2)19-20(16)7/h12,14,18H,8-11H2,1-7H3. The molecule has 2 unspecified atom stereocenters. The van der Waals surface area contributed by atoms with E-state index in [1.807, 2.05) is 0 Å². The second-order valence-corrected chi connectivity index (χ2v) is 7.67. The first-order chi connectivity index (χ1) is 9.70. The second-order valence-electron chi connectivity index (χ2n) is 7.67. The SMILES string of the molecule is Cc1nn(C)c(N2CCCC(C)C2C)c1CNC(C)(C)C. The zero-order chi connectivity index (χ0) is 15.8. The summed E-state index contributed by atoms with van der Waals surface area (Å²) in [6, 6.07) is 0.585. The van der Waals surface area contributed by atoms with Crippen LogP contribution in [0.25, 0.3) is 0 Å². The summed E-state index contributed by atoms with van der Waals surface area (Å²) in [6.07, 6.45) is 2.62. The quantitative estimate of drug-likeness (QED) is 0.928. The van der Waals surface area contributed by atoms with Crippen LogP contribution in [0.3, 0.4) is 0 Å². The lowest BCUT2D eigenvalue weighted by Gasteiger charge is -2.40. The van der Waals surface area contributed by atoms with E-state index in [1.54, 1.807) is 0 Å². The molecule has 1 aromatic rings. The lowest BCUT2D eigenvalue weighted by Crippen LogP contribution is -2.44. The molecule has 120 valence electrons. The normalized spacial score (nSPS) is 23.7. The molecule has 1 aromatic heterocycles. The molecule has 4 heteroatoms. The maximum absolute atomic E-state index is 4.68. The number of rotatable bonds is 3. The van der Waals surface area contributed by atoms with Crippen molar-refractivity contribution in [2.45, 2.75) is 72.5 Å². The topological polar surface area (TPSA) is 33.1 Å². The molecule has 1 N–H and O–H groups in total. The third kappa shape index (κ3) is 3.60. The Bertz CT molecular complexity index is 484. The summed E-state index contributed by atoms with van der Waals surface area (Å²) >= 11 is 0. The molecule has 0 aromatic carbocycles. The number of aromatic nitrogens is 2. The van der Waals surface area contributed by atoms with Crippen LogP contribution in [-0.4, -0.2) is 27.9 Å². The van der Waals surface area contributed by atoms with Crippen LogP contribution < -0.4 is 10.2 Å². The predicted octanol–water partition coefficient (Wildman–Crippen LogP) is 3.24. The molecule has 0 bridgehead atoms. The molecule has 1 aliphatic rings. The van der Waals surface area contributed by atoms with E-state index in [-0.39, 0.29) is 5.54 Å². The van der Waals surface area contributed by atoms with Gasteiger partial charge in [0.25, 0.3) is 0 Å². The molecular weight excluding hydrogens is 260 g/mol. The van der Waals surface area contributed by atoms with E-state index in [1.165, 1.54) is 24.2 Å². The smallest absolute Gasteiger partial charge is 0.131 e. The van der Waals surface area contributed by atoms with Gasteiger partial charge in [0.15, 0.2) is 0 Å². The first-order valence-corrected chi connectivity index (χ1v) is 8.25. The van der Waals surface area contributed by atoms with Crippen molar-refractivity contribution in [1.82, 2.24) is 15.1 Å². The van der Waals surface area contributed by atoms with E-state index in [0.717, 1.165) is 24.7 Å². The third-order valence-corrected chi connectivity index (χ3v) is 4.75. The summed E-state index contributed by atoms with van der Waals surface area (Å²) in [7, 11) is 2.08. The average molecular weight is 292 g/mol. The summed E-state index contributed by atoms with van der Waals surface area (Å²) in [6.45, 7) is 15.5. The van der Waals surface area contributed by atoms with Gasteiger partial charge in [-0.25, -0.2) is 0 Å². The summed E-state index contributed by atoms with van der Waals surface area (Å²) in [5.74, 6) is 2.06. The molecule has 21 heavy (non-hydrogen) atoms. The average Bonchev–Trinajstić information content (AvgIpc) is 2.64. The molecule has 4 nitrogen and oxygen atoms in total. The largest absolute Gasteiger partial charge is 0.354 e. The first-order valence-electron chi connectivity index (χ1n) is 8.25. The van der Waals surface area contributed by atoms with Crippen molar-refractivity contribution < 1.29 is 0 Å². The number of piperidine rings is 1. The van der Waals surface area contributed by atoms with Crippen molar-refractivity contribution in [1.29, 1.82) is 0 Å². The van der Waals surface area contributed by atoms with Gasteiger partial charge in [-0.2, -0.15) is 5.10 Å². The van der Waals surface area contributed by atoms with Crippen LogP contribution in [0.5, 0.6) is 0 Å². The van der Waals surface area contributed by atoms with Crippen LogP contribution in [0.2, 0.25) is 0 Å². The van der Waals surface area contributed by atoms with E-state index in [9.17, 15) is 0 Å². The Morgan fingerprint density at radius 3 is 2.57 bits per heavy atom. The van der Waals surface area contributed by atoms with Crippen molar-refractivity contribution in [3.05, 3.63) is 11.3 Å². The molecule has 1 saturated heterocycles. The lowest BCUT2D eigenvalue weighted by atomic mass is 9.92. The number of anilines is 1. The van der Waals surface area contributed by atoms with Crippen molar-refractivity contribution >= 4 is 5.82 Å². The van der Waals surface area contributed by atoms with Crippen LogP contribution in [0.1, 0.15) is 58.7 Å². The molecule has 0 aliphatic carbocycles. The van der Waals surface area contributed by atoms with Crippen molar-refractivity contribution in [2.75, 3.05) is 11.4 Å². The first kappa shape index (κ1) is 16.3. The molecule has 0 spiro atoms. The molecule has 2 atom stereocenters. The summed E-state index contributed by atoms with van der Waals surface area (Å²) in [5.41, 5.74) is 2.63. The van der Waals surface area contributed by atoms with E-state index in [0.29, 0.717) is 6.04 Å². The maximum atomic E-state index is 4.68. The molecule has 1 aliphatic heterocycles. The van der Waals surface area contributed by atoms with E-state index in [2.05, 4.69) is 68.6 Å². The fourth-order valence-electron chi connectivity index (χ4n) is 3.24. The highest BCUT2D eigenvalue weighted by Gasteiger charge is 2.29. The van der Waals surface area contributed by atoms with E-state index >= 15 is 0 Å². The van der Waals surface area contributed by atoms with E-state index in [4.69, 9.17) is 0 Å². The molecule has 0 radical (unpaired) electrons. The maximum Gasteiger partial charge on any atom is 0.131 e. The van der Waals surface area contributed by atoms with Gasteiger partial charge in [0.05, 0.1) is 5.69 Å². The highest BCUT2D eigenvalue weighted by molar-refractivity contribution is 5.51. The zero-order valence-electron chi connectivity index (χ0n) is 14.8. The van der Waals surface area contributed by atoms with E-state index < -0.39 is 0 Å². The van der Waals surface area contributed by atoms with Crippen LogP contribution >= 0.6 is 0 Å². The second kappa shape index (κ2) is 5.99. The van der Waals surface area contributed by atoms with Gasteiger partial charge in [-0.1, -0.05) is 6.92 Å². The molecule has 2 rings (SSSR count). The Kier molecular flexibility index (Phi) is 4.66. The van der Waals surface area contributed by atoms with Gasteiger partial charge in [-0.05, 0) is 53.4 Å². The Hall–Kier alpha value is -1.03. The summed E-state index contributed by atoms with van der Waals surface area (Å²) in [4.78, 5) is 2.56. The predicted molar refractivity (Wildman–Crippen MR) is 89.7 cm³/mol. The molecule has 0 saturated carbocycles. The molecule has 2 heterocycles. The van der Waals surface area contributed by atoms with Crippen LogP contribution in [0, 0.1) is 12.8 Å². The number of nitrogens with one attached hydrogen (secondary N) is 1. The third-order valence-electron chi connectivity index (χ3n) is 4.75. The van der Waals surface area contributed by atoms with Crippen LogP contribution in [0.15, 0.2) is 0 Å². The molecular formula is C17H32N4. The van der Waals surface area contributed by atoms with Crippen molar-refractivity contribution in [2.24, 2.45) is 13.0 Å². The number of aryl methyl sites for hydroxylation is 2. The number of nitrogens with zero attached hydrogens (tertiary/aromatic N) is 3. The van der Waals surface area contributed by atoms with Crippen molar-refractivity contribution in [3.63, 3.8) is 0 Å². The Balaban J connectivity index is 2.30. The summed E-state index contributed by atoms with van der Waals surface area (Å²) in [5, 5.41) is 8.30. The monoisotopic (exact) mass is 292 g/mol. The zero-order valence-corrected chi connectivity index (χ0v) is 14.8. The van der Waals surface area contributed by atoms with Gasteiger partial charge in [0, 0.05) is 37.3 Å². The van der Waals surface area contributed by atoms with Gasteiger partial charge in [0.2, 0.25) is 0 Å². The van der Waals surface area contributed by atoms with Gasteiger partial charge in [-0.15, -0.1) is 0 Å². The minimum absolute atomic E-state index is 0.125. The number of hydrogen-bond donors (Lipinski definition) is 1. The Morgan fingerprint density at radius 1 is 1.29 bits per heavy atom. The lowest BCUT2D eigenvalue weighted by molar-refractivity contribution is 0.357. The Labute approximate surface area is 129 Å². The fourth-order valence-corrected chi connectivity index (χ4v) is 3.24. The highest BCUT2D eigenvalue weighted by atomic mass is 15.4. The van der Waals surface area contributed by atoms with Gasteiger partial charge in [-0.3, -0.25) is 4.68 Å². The van der Waals surface area contributed by atoms with Crippen LogP contribution in [0.4, 0.5) is 5.82 Å². The minimum atomic E-state index is 0.125. The van der Waals surface area contributed by atoms with Crippen LogP contribution in [-0.2, 0) is 13.6 Å². The minimum Gasteiger partial charge on any atom is -0.354 e. The number of hydrogen-bond acceptors (Lipinski definition) is 3. The Morgan fingerprint density at radius 2 is 1.95 bits per heavy atom. The van der Waals surface area contributed by atoms with Crippen molar-refractivity contribution in [3.8, 4) is 0 Å². The summed E-state index contributed by atoms with van der Waals surface area (Å²) < 4.78 is 2.07. The van der Waals surface area contributed by atoms with Gasteiger partial charge in [0.1, 0.15) is 5.82 Å². The highest BCUT2D eigenvalue weighted by Crippen LogP contribution is 2.32. The molecule has 1 fully saturated rings. The van der Waals surface area contributed by atoms with Gasteiger partial charge < -0.3 is 10.2 Å². The molecule has 0 amide bonds.